The molecule has 0 unspecified atom stereocenters. The van der Waals surface area contributed by atoms with Crippen molar-refractivity contribution in [2.45, 2.75) is 58.0 Å². The van der Waals surface area contributed by atoms with E-state index in [1.54, 1.807) is 24.3 Å². The van der Waals surface area contributed by atoms with Gasteiger partial charge in [-0.3, -0.25) is 19.5 Å². The first-order valence-corrected chi connectivity index (χ1v) is 15.6. The summed E-state index contributed by atoms with van der Waals surface area (Å²) in [6, 6.07) is 14.6. The first kappa shape index (κ1) is 34.9. The van der Waals surface area contributed by atoms with Gasteiger partial charge in [0, 0.05) is 40.2 Å². The van der Waals surface area contributed by atoms with Crippen molar-refractivity contribution in [1.29, 1.82) is 0 Å². The van der Waals surface area contributed by atoms with E-state index in [0.29, 0.717) is 34.0 Å². The molecule has 4 aromatic rings. The number of amides is 3. The van der Waals surface area contributed by atoms with Crippen LogP contribution in [0.15, 0.2) is 60.8 Å². The molecule has 1 fully saturated rings. The number of benzene rings is 3. The molecule has 244 valence electrons. The number of anilines is 1. The van der Waals surface area contributed by atoms with Gasteiger partial charge in [-0.05, 0) is 87.4 Å². The highest BCUT2D eigenvalue weighted by Gasteiger charge is 2.29. The van der Waals surface area contributed by atoms with Crippen LogP contribution in [0.2, 0.25) is 5.02 Å². The Morgan fingerprint density at radius 3 is 2.39 bits per heavy atom. The number of hydrogen-bond acceptors (Lipinski definition) is 5. The van der Waals surface area contributed by atoms with Crippen molar-refractivity contribution in [3.8, 4) is 11.1 Å². The van der Waals surface area contributed by atoms with Crippen LogP contribution in [0, 0.1) is 17.7 Å². The van der Waals surface area contributed by atoms with E-state index in [1.807, 2.05) is 38.1 Å². The van der Waals surface area contributed by atoms with Crippen molar-refractivity contribution < 1.29 is 18.8 Å². The van der Waals surface area contributed by atoms with E-state index in [1.165, 1.54) is 12.3 Å². The summed E-state index contributed by atoms with van der Waals surface area (Å²) in [6.07, 6.45) is 4.79. The van der Waals surface area contributed by atoms with Crippen molar-refractivity contribution in [3.05, 3.63) is 82.8 Å². The van der Waals surface area contributed by atoms with Gasteiger partial charge in [-0.15, -0.1) is 12.4 Å². The van der Waals surface area contributed by atoms with Crippen LogP contribution in [0.3, 0.4) is 0 Å². The molecule has 0 spiro atoms. The molecule has 0 aliphatic heterocycles. The maximum Gasteiger partial charge on any atom is 0.251 e. The molecular weight excluding hydrogens is 630 g/mol. The Balaban J connectivity index is 0.00000480. The number of halogens is 3. The lowest BCUT2D eigenvalue weighted by Crippen LogP contribution is -2.48. The molecule has 0 radical (unpaired) electrons. The number of carbonyl (C=O) groups excluding carboxylic acids is 3. The van der Waals surface area contributed by atoms with E-state index in [-0.39, 0.29) is 48.3 Å². The summed E-state index contributed by atoms with van der Waals surface area (Å²) < 4.78 is 14.6. The van der Waals surface area contributed by atoms with Crippen molar-refractivity contribution >= 4 is 58.3 Å². The van der Waals surface area contributed by atoms with Crippen LogP contribution in [0.4, 0.5) is 10.1 Å². The van der Waals surface area contributed by atoms with E-state index in [4.69, 9.17) is 17.3 Å². The van der Waals surface area contributed by atoms with Gasteiger partial charge in [-0.2, -0.15) is 5.10 Å². The summed E-state index contributed by atoms with van der Waals surface area (Å²) in [5, 5.41) is 15.9. The van der Waals surface area contributed by atoms with Gasteiger partial charge in [-0.25, -0.2) is 4.39 Å². The predicted molar refractivity (Wildman–Crippen MR) is 182 cm³/mol. The van der Waals surface area contributed by atoms with Gasteiger partial charge < -0.3 is 21.7 Å². The average molecular weight is 670 g/mol. The monoisotopic (exact) mass is 668 g/mol. The number of nitrogens with one attached hydrogen (secondary N) is 4. The summed E-state index contributed by atoms with van der Waals surface area (Å²) in [4.78, 5) is 39.3. The van der Waals surface area contributed by atoms with Gasteiger partial charge >= 0.3 is 0 Å². The summed E-state index contributed by atoms with van der Waals surface area (Å²) in [7, 11) is 0. The van der Waals surface area contributed by atoms with E-state index in [9.17, 15) is 18.8 Å². The topological polar surface area (TPSA) is 142 Å². The largest absolute Gasteiger partial charge is 0.350 e. The fraction of sp³-hybridized carbons (Fsp3) is 0.353. The van der Waals surface area contributed by atoms with Crippen LogP contribution in [0.5, 0.6) is 0 Å². The van der Waals surface area contributed by atoms with Gasteiger partial charge in [0.1, 0.15) is 11.9 Å². The smallest absolute Gasteiger partial charge is 0.251 e. The summed E-state index contributed by atoms with van der Waals surface area (Å²) in [5.74, 6) is -1.13. The van der Waals surface area contributed by atoms with Crippen LogP contribution in [-0.4, -0.2) is 46.5 Å². The highest BCUT2D eigenvalue weighted by molar-refractivity contribution is 6.33. The zero-order chi connectivity index (χ0) is 32.1. The third-order valence-corrected chi connectivity index (χ3v) is 8.63. The molecule has 3 aromatic carbocycles. The molecule has 3 amide bonds. The second kappa shape index (κ2) is 15.5. The SMILES string of the molecule is CC(C)NC(=O)c1ccc(-c2ccc(C[C@H](NC(=O)C3CCC(CN)CC3)C(=O)Nc3cc(F)c4cn[nH]c4c3)cc2)c(Cl)c1.Cl. The standard InChI is InChI=1S/C34H38ClFN6O3.ClH/c1-19(2)39-33(44)24-11-12-26(28(35)14-24)22-7-3-20(4-8-22)13-31(41-32(43)23-9-5-21(17-37)6-10-23)34(45)40-25-15-29(36)27-18-38-42-30(27)16-25;/h3-4,7-8,11-12,14-16,18-19,21,23,31H,5-6,9-10,13,17,37H2,1-2H3,(H,38,42)(H,39,44)(H,40,45)(H,41,43);1H/t21?,23?,31-;/m0./s1. The van der Waals surface area contributed by atoms with Crippen LogP contribution in [0.25, 0.3) is 22.0 Å². The third-order valence-electron chi connectivity index (χ3n) is 8.32. The Bertz CT molecular complexity index is 1690. The van der Waals surface area contributed by atoms with Gasteiger partial charge in [0.05, 0.1) is 17.1 Å². The Morgan fingerprint density at radius 2 is 1.74 bits per heavy atom. The van der Waals surface area contributed by atoms with Crippen LogP contribution in [-0.2, 0) is 16.0 Å². The van der Waals surface area contributed by atoms with Crippen molar-refractivity contribution in [2.24, 2.45) is 17.6 Å². The molecule has 1 heterocycles. The lowest BCUT2D eigenvalue weighted by molar-refractivity contribution is -0.130. The minimum absolute atomic E-state index is 0. The first-order chi connectivity index (χ1) is 21.6. The molecule has 1 aromatic heterocycles. The number of aromatic nitrogens is 2. The van der Waals surface area contributed by atoms with E-state index in [0.717, 1.165) is 42.4 Å². The summed E-state index contributed by atoms with van der Waals surface area (Å²) >= 11 is 6.56. The quantitative estimate of drug-likeness (QED) is 0.141. The molecule has 1 aliphatic carbocycles. The molecule has 46 heavy (non-hydrogen) atoms. The van der Waals surface area contributed by atoms with Gasteiger partial charge in [0.25, 0.3) is 5.91 Å². The Hall–Kier alpha value is -3.99. The van der Waals surface area contributed by atoms with E-state index in [2.05, 4.69) is 26.1 Å². The molecule has 12 heteroatoms. The number of fused-ring (bicyclic) bond motifs is 1. The Kier molecular flexibility index (Phi) is 11.8. The number of carbonyl (C=O) groups is 3. The number of nitrogens with zero attached hydrogens (tertiary/aromatic N) is 1. The fourth-order valence-electron chi connectivity index (χ4n) is 5.76. The lowest BCUT2D eigenvalue weighted by atomic mass is 9.81. The normalized spacial score (nSPS) is 16.8. The highest BCUT2D eigenvalue weighted by atomic mass is 35.5. The maximum atomic E-state index is 14.6. The molecular formula is C34H39Cl2FN6O3. The molecule has 1 aliphatic rings. The Labute approximate surface area is 278 Å². The fourth-order valence-corrected chi connectivity index (χ4v) is 6.05. The van der Waals surface area contributed by atoms with Crippen molar-refractivity contribution in [3.63, 3.8) is 0 Å². The minimum atomic E-state index is -0.904. The number of nitrogens with two attached hydrogens (primary N) is 1. The summed E-state index contributed by atoms with van der Waals surface area (Å²) in [5.41, 5.74) is 9.41. The zero-order valence-electron chi connectivity index (χ0n) is 25.7. The molecule has 6 N–H and O–H groups in total. The molecule has 0 bridgehead atoms. The average Bonchev–Trinajstić information content (AvgIpc) is 3.50. The van der Waals surface area contributed by atoms with Crippen LogP contribution < -0.4 is 21.7 Å². The first-order valence-electron chi connectivity index (χ1n) is 15.2. The van der Waals surface area contributed by atoms with Crippen molar-refractivity contribution in [2.75, 3.05) is 11.9 Å². The van der Waals surface area contributed by atoms with Gasteiger partial charge in [0.15, 0.2) is 0 Å². The second-order valence-electron chi connectivity index (χ2n) is 12.0. The Morgan fingerprint density at radius 1 is 1.02 bits per heavy atom. The van der Waals surface area contributed by atoms with Crippen LogP contribution in [0.1, 0.15) is 55.5 Å². The number of H-pyrrole nitrogens is 1. The maximum absolute atomic E-state index is 14.6. The predicted octanol–water partition coefficient (Wildman–Crippen LogP) is 6.01. The molecule has 9 nitrogen and oxygen atoms in total. The van der Waals surface area contributed by atoms with E-state index < -0.39 is 17.8 Å². The summed E-state index contributed by atoms with van der Waals surface area (Å²) in [6.45, 7) is 4.39. The van der Waals surface area contributed by atoms with Crippen molar-refractivity contribution in [1.82, 2.24) is 20.8 Å². The lowest BCUT2D eigenvalue weighted by Gasteiger charge is -2.28. The highest BCUT2D eigenvalue weighted by Crippen LogP contribution is 2.30. The molecule has 5 rings (SSSR count). The number of aromatic amines is 1. The second-order valence-corrected chi connectivity index (χ2v) is 12.4. The zero-order valence-corrected chi connectivity index (χ0v) is 27.3. The van der Waals surface area contributed by atoms with Gasteiger partial charge in [0.2, 0.25) is 11.8 Å². The minimum Gasteiger partial charge on any atom is -0.350 e. The molecule has 1 saturated carbocycles. The number of rotatable bonds is 10. The van der Waals surface area contributed by atoms with E-state index >= 15 is 0 Å². The van der Waals surface area contributed by atoms with Crippen LogP contribution >= 0.6 is 24.0 Å². The molecule has 0 saturated heterocycles. The number of hydrogen-bond donors (Lipinski definition) is 5. The third kappa shape index (κ3) is 8.43. The van der Waals surface area contributed by atoms with Gasteiger partial charge in [-0.1, -0.05) is 41.9 Å². The molecule has 1 atom stereocenters.